The molecule has 2 aromatic rings. The molecule has 76 valence electrons. The van der Waals surface area contributed by atoms with Crippen LogP contribution in [-0.4, -0.2) is 28.6 Å². The highest BCUT2D eigenvalue weighted by atomic mass is 16.5. The van der Waals surface area contributed by atoms with E-state index in [0.717, 1.165) is 0 Å². The number of nitrogens with zero attached hydrogens (tertiary/aromatic N) is 3. The average molecular weight is 205 g/mol. The first-order chi connectivity index (χ1) is 7.35. The Labute approximate surface area is 84.9 Å². The fourth-order valence-electron chi connectivity index (χ4n) is 1.09. The van der Waals surface area contributed by atoms with Crippen molar-refractivity contribution in [2.45, 2.75) is 0 Å². The number of carbonyl (C=O) groups is 1. The first-order valence-electron chi connectivity index (χ1n) is 4.13. The van der Waals surface area contributed by atoms with Crippen molar-refractivity contribution in [3.63, 3.8) is 0 Å². The van der Waals surface area contributed by atoms with E-state index in [1.54, 1.807) is 18.3 Å². The molecular formula is C9H7N3O3. The predicted octanol–water partition coefficient (Wildman–Crippen LogP) is 0.953. The number of rotatable bonds is 3. The van der Waals surface area contributed by atoms with Crippen LogP contribution in [0.15, 0.2) is 22.7 Å². The van der Waals surface area contributed by atoms with Crippen LogP contribution in [0.25, 0.3) is 11.6 Å². The molecule has 0 unspecified atom stereocenters. The zero-order valence-corrected chi connectivity index (χ0v) is 7.88. The van der Waals surface area contributed by atoms with Gasteiger partial charge in [-0.25, -0.2) is 4.98 Å². The maximum atomic E-state index is 10.4. The molecule has 0 aliphatic heterocycles. The minimum Gasteiger partial charge on any atom is -0.494 e. The summed E-state index contributed by atoms with van der Waals surface area (Å²) < 4.78 is 10.1. The molecule has 0 amide bonds. The van der Waals surface area contributed by atoms with Crippen LogP contribution in [0.4, 0.5) is 0 Å². The molecule has 0 saturated carbocycles. The third-order valence-electron chi connectivity index (χ3n) is 1.73. The van der Waals surface area contributed by atoms with E-state index in [9.17, 15) is 4.79 Å². The second kappa shape index (κ2) is 3.87. The summed E-state index contributed by atoms with van der Waals surface area (Å²) in [4.78, 5) is 14.4. The molecule has 0 bridgehead atoms. The van der Waals surface area contributed by atoms with Gasteiger partial charge in [-0.1, -0.05) is 0 Å². The predicted molar refractivity (Wildman–Crippen MR) is 49.5 cm³/mol. The molecule has 0 spiro atoms. The number of aromatic nitrogens is 3. The van der Waals surface area contributed by atoms with E-state index in [2.05, 4.69) is 15.2 Å². The molecule has 0 aromatic carbocycles. The Morgan fingerprint density at radius 3 is 3.00 bits per heavy atom. The summed E-state index contributed by atoms with van der Waals surface area (Å²) in [6, 6.07) is 3.44. The minimum absolute atomic E-state index is 0.0855. The van der Waals surface area contributed by atoms with Crippen LogP contribution >= 0.6 is 0 Å². The largest absolute Gasteiger partial charge is 0.494 e. The van der Waals surface area contributed by atoms with Crippen molar-refractivity contribution < 1.29 is 13.9 Å². The molecule has 2 heterocycles. The van der Waals surface area contributed by atoms with Crippen molar-refractivity contribution in [3.05, 3.63) is 24.2 Å². The molecule has 2 rings (SSSR count). The Bertz CT molecular complexity index is 481. The molecule has 15 heavy (non-hydrogen) atoms. The van der Waals surface area contributed by atoms with Gasteiger partial charge in [0.2, 0.25) is 6.29 Å². The van der Waals surface area contributed by atoms with Gasteiger partial charge in [-0.2, -0.15) is 0 Å². The third kappa shape index (κ3) is 1.69. The first-order valence-corrected chi connectivity index (χ1v) is 4.13. The zero-order valence-electron chi connectivity index (χ0n) is 7.88. The fraction of sp³-hybridized carbons (Fsp3) is 0.111. The van der Waals surface area contributed by atoms with Gasteiger partial charge < -0.3 is 9.15 Å². The molecule has 2 aromatic heterocycles. The van der Waals surface area contributed by atoms with E-state index >= 15 is 0 Å². The molecular weight excluding hydrogens is 198 g/mol. The van der Waals surface area contributed by atoms with E-state index in [4.69, 9.17) is 9.15 Å². The van der Waals surface area contributed by atoms with E-state index < -0.39 is 0 Å². The lowest BCUT2D eigenvalue weighted by atomic mass is 10.3. The SMILES string of the molecule is COc1cccnc1-c1nnc(C=O)o1. The number of pyridine rings is 1. The maximum Gasteiger partial charge on any atom is 0.281 e. The van der Waals surface area contributed by atoms with Crippen LogP contribution in [-0.2, 0) is 0 Å². The van der Waals surface area contributed by atoms with Crippen molar-refractivity contribution in [1.29, 1.82) is 0 Å². The molecule has 0 fully saturated rings. The smallest absolute Gasteiger partial charge is 0.281 e. The highest BCUT2D eigenvalue weighted by Gasteiger charge is 2.13. The summed E-state index contributed by atoms with van der Waals surface area (Å²) in [5.41, 5.74) is 0.417. The summed E-state index contributed by atoms with van der Waals surface area (Å²) in [6.45, 7) is 0. The first kappa shape index (κ1) is 9.32. The van der Waals surface area contributed by atoms with Crippen molar-refractivity contribution >= 4 is 6.29 Å². The molecule has 6 nitrogen and oxygen atoms in total. The van der Waals surface area contributed by atoms with Gasteiger partial charge in [0, 0.05) is 6.20 Å². The number of carbonyl (C=O) groups excluding carboxylic acids is 1. The number of ether oxygens (including phenoxy) is 1. The van der Waals surface area contributed by atoms with Gasteiger partial charge in [0.25, 0.3) is 11.8 Å². The number of hydrogen-bond donors (Lipinski definition) is 0. The third-order valence-corrected chi connectivity index (χ3v) is 1.73. The molecule has 0 radical (unpaired) electrons. The summed E-state index contributed by atoms with van der Waals surface area (Å²) in [6.07, 6.45) is 2.05. The average Bonchev–Trinajstić information content (AvgIpc) is 2.77. The second-order valence-electron chi connectivity index (χ2n) is 2.62. The summed E-state index contributed by atoms with van der Waals surface area (Å²) in [7, 11) is 1.51. The monoisotopic (exact) mass is 205 g/mol. The van der Waals surface area contributed by atoms with Crippen molar-refractivity contribution in [2.75, 3.05) is 7.11 Å². The number of aldehydes is 1. The Hall–Kier alpha value is -2.24. The number of hydrogen-bond acceptors (Lipinski definition) is 6. The Morgan fingerprint density at radius 2 is 2.33 bits per heavy atom. The Kier molecular flexibility index (Phi) is 2.40. The lowest BCUT2D eigenvalue weighted by molar-refractivity contribution is 0.109. The van der Waals surface area contributed by atoms with Crippen LogP contribution in [0, 0.1) is 0 Å². The van der Waals surface area contributed by atoms with E-state index in [1.807, 2.05) is 0 Å². The summed E-state index contributed by atoms with van der Waals surface area (Å²) in [5, 5.41) is 7.18. The lowest BCUT2D eigenvalue weighted by Crippen LogP contribution is -1.90. The Morgan fingerprint density at radius 1 is 1.47 bits per heavy atom. The maximum absolute atomic E-state index is 10.4. The van der Waals surface area contributed by atoms with E-state index in [0.29, 0.717) is 17.7 Å². The molecule has 0 atom stereocenters. The summed E-state index contributed by atoms with van der Waals surface area (Å²) in [5.74, 6) is 0.589. The van der Waals surface area contributed by atoms with Crippen LogP contribution < -0.4 is 4.74 Å². The molecule has 6 heteroatoms. The summed E-state index contributed by atoms with van der Waals surface area (Å²) >= 11 is 0. The van der Waals surface area contributed by atoms with Gasteiger partial charge in [0.05, 0.1) is 7.11 Å². The normalized spacial score (nSPS) is 9.93. The highest BCUT2D eigenvalue weighted by molar-refractivity contribution is 5.68. The van der Waals surface area contributed by atoms with Crippen LogP contribution in [0.2, 0.25) is 0 Å². The fourth-order valence-corrected chi connectivity index (χ4v) is 1.09. The molecule has 0 saturated heterocycles. The number of methoxy groups -OCH3 is 1. The molecule has 0 aliphatic carbocycles. The van der Waals surface area contributed by atoms with Crippen molar-refractivity contribution in [3.8, 4) is 17.3 Å². The zero-order chi connectivity index (χ0) is 10.7. The van der Waals surface area contributed by atoms with Gasteiger partial charge in [-0.15, -0.1) is 10.2 Å². The molecule has 0 aliphatic rings. The van der Waals surface area contributed by atoms with Gasteiger partial charge in [0.15, 0.2) is 5.69 Å². The standard InChI is InChI=1S/C9H7N3O3/c1-14-6-3-2-4-10-8(6)9-12-11-7(5-13)15-9/h2-5H,1H3. The van der Waals surface area contributed by atoms with Crippen LogP contribution in [0.1, 0.15) is 10.7 Å². The molecule has 0 N–H and O–H groups in total. The van der Waals surface area contributed by atoms with Crippen LogP contribution in [0.3, 0.4) is 0 Å². The van der Waals surface area contributed by atoms with Gasteiger partial charge in [-0.05, 0) is 12.1 Å². The van der Waals surface area contributed by atoms with E-state index in [1.165, 1.54) is 7.11 Å². The topological polar surface area (TPSA) is 78.1 Å². The van der Waals surface area contributed by atoms with Gasteiger partial charge in [-0.3, -0.25) is 4.79 Å². The highest BCUT2D eigenvalue weighted by Crippen LogP contribution is 2.25. The van der Waals surface area contributed by atoms with Crippen molar-refractivity contribution in [2.24, 2.45) is 0 Å². The quantitative estimate of drug-likeness (QED) is 0.694. The second-order valence-corrected chi connectivity index (χ2v) is 2.62. The van der Waals surface area contributed by atoms with Gasteiger partial charge >= 0.3 is 0 Å². The van der Waals surface area contributed by atoms with Crippen LogP contribution in [0.5, 0.6) is 5.75 Å². The Balaban J connectivity index is 2.48. The van der Waals surface area contributed by atoms with Crippen molar-refractivity contribution in [1.82, 2.24) is 15.2 Å². The van der Waals surface area contributed by atoms with E-state index in [-0.39, 0.29) is 11.8 Å². The van der Waals surface area contributed by atoms with Gasteiger partial charge in [0.1, 0.15) is 5.75 Å². The lowest BCUT2D eigenvalue weighted by Gasteiger charge is -2.01. The minimum atomic E-state index is -0.0855.